The fourth-order valence-electron chi connectivity index (χ4n) is 2.90. The van der Waals surface area contributed by atoms with Crippen molar-refractivity contribution < 1.29 is 22.3 Å². The van der Waals surface area contributed by atoms with Crippen LogP contribution in [0.25, 0.3) is 0 Å². The van der Waals surface area contributed by atoms with Crippen LogP contribution >= 0.6 is 0 Å². The van der Waals surface area contributed by atoms with E-state index < -0.39 is 27.9 Å². The van der Waals surface area contributed by atoms with Gasteiger partial charge in [-0.2, -0.15) is 0 Å². The summed E-state index contributed by atoms with van der Waals surface area (Å²) in [6, 6.07) is 16.7. The first-order chi connectivity index (χ1) is 14.7. The van der Waals surface area contributed by atoms with Gasteiger partial charge in [0.25, 0.3) is 15.9 Å². The molecule has 31 heavy (non-hydrogen) atoms. The number of para-hydroxylation sites is 1. The highest BCUT2D eigenvalue weighted by Gasteiger charge is 2.18. The lowest BCUT2D eigenvalue weighted by Gasteiger charge is -2.15. The molecule has 3 rings (SSSR count). The van der Waals surface area contributed by atoms with E-state index in [1.54, 1.807) is 6.92 Å². The van der Waals surface area contributed by atoms with E-state index >= 15 is 0 Å². The third-order valence-corrected chi connectivity index (χ3v) is 6.01. The highest BCUT2D eigenvalue weighted by Crippen LogP contribution is 2.24. The van der Waals surface area contributed by atoms with E-state index in [0.29, 0.717) is 17.1 Å². The highest BCUT2D eigenvalue weighted by molar-refractivity contribution is 7.92. The van der Waals surface area contributed by atoms with E-state index in [9.17, 15) is 17.6 Å². The highest BCUT2D eigenvalue weighted by atomic mass is 32.2. The number of rotatable bonds is 7. The monoisotopic (exact) mass is 442 g/mol. The zero-order chi connectivity index (χ0) is 22.6. The molecule has 0 aliphatic rings. The van der Waals surface area contributed by atoms with Gasteiger partial charge in [-0.05, 0) is 80.4 Å². The molecule has 0 aromatic heterocycles. The van der Waals surface area contributed by atoms with Crippen LogP contribution in [0.1, 0.15) is 18.1 Å². The number of halogens is 1. The van der Waals surface area contributed by atoms with Crippen LogP contribution in [0.4, 0.5) is 15.8 Å². The molecule has 0 heterocycles. The summed E-state index contributed by atoms with van der Waals surface area (Å²) >= 11 is 0. The Labute approximate surface area is 181 Å². The SMILES string of the molecule is Cc1cccc(C)c1NS(=O)(=O)c1ccc(NC(=O)[C@H](C)Oc2ccc(F)cc2)cc1. The molecule has 0 aliphatic carbocycles. The molecule has 0 spiro atoms. The summed E-state index contributed by atoms with van der Waals surface area (Å²) in [5.74, 6) is -0.455. The predicted octanol–water partition coefficient (Wildman–Crippen LogP) is 4.65. The van der Waals surface area contributed by atoms with E-state index in [4.69, 9.17) is 4.74 Å². The van der Waals surface area contributed by atoms with Gasteiger partial charge >= 0.3 is 0 Å². The van der Waals surface area contributed by atoms with Crippen LogP contribution < -0.4 is 14.8 Å². The summed E-state index contributed by atoms with van der Waals surface area (Å²) in [6.07, 6.45) is -0.834. The Morgan fingerprint density at radius 1 is 0.935 bits per heavy atom. The van der Waals surface area contributed by atoms with Crippen molar-refractivity contribution in [3.63, 3.8) is 0 Å². The summed E-state index contributed by atoms with van der Waals surface area (Å²) in [6.45, 7) is 5.23. The summed E-state index contributed by atoms with van der Waals surface area (Å²) in [7, 11) is -3.78. The number of ether oxygens (including phenoxy) is 1. The Morgan fingerprint density at radius 3 is 2.10 bits per heavy atom. The molecule has 2 N–H and O–H groups in total. The summed E-state index contributed by atoms with van der Waals surface area (Å²) < 4.78 is 46.5. The number of carbonyl (C=O) groups excluding carboxylic acids is 1. The fourth-order valence-corrected chi connectivity index (χ4v) is 4.10. The molecule has 1 atom stereocenters. The first-order valence-electron chi connectivity index (χ1n) is 9.58. The van der Waals surface area contributed by atoms with Crippen LogP contribution in [-0.2, 0) is 14.8 Å². The molecular formula is C23H23FN2O4S. The Morgan fingerprint density at radius 2 is 1.52 bits per heavy atom. The minimum atomic E-state index is -3.78. The molecule has 1 amide bonds. The minimum absolute atomic E-state index is 0.0729. The largest absolute Gasteiger partial charge is 0.481 e. The molecule has 162 valence electrons. The van der Waals surface area contributed by atoms with E-state index in [2.05, 4.69) is 10.0 Å². The first-order valence-corrected chi connectivity index (χ1v) is 11.1. The van der Waals surface area contributed by atoms with Crippen LogP contribution in [0, 0.1) is 19.7 Å². The van der Waals surface area contributed by atoms with Gasteiger partial charge < -0.3 is 10.1 Å². The van der Waals surface area contributed by atoms with Crippen molar-refractivity contribution in [3.05, 3.63) is 83.7 Å². The molecule has 0 aliphatic heterocycles. The zero-order valence-corrected chi connectivity index (χ0v) is 18.2. The van der Waals surface area contributed by atoms with Crippen LogP contribution in [0.15, 0.2) is 71.6 Å². The normalized spacial score (nSPS) is 12.1. The van der Waals surface area contributed by atoms with E-state index in [1.807, 2.05) is 32.0 Å². The number of anilines is 2. The Balaban J connectivity index is 1.66. The summed E-state index contributed by atoms with van der Waals surface area (Å²) in [4.78, 5) is 12.4. The predicted molar refractivity (Wildman–Crippen MR) is 118 cm³/mol. The molecular weight excluding hydrogens is 419 g/mol. The second-order valence-electron chi connectivity index (χ2n) is 7.10. The second kappa shape index (κ2) is 9.18. The number of hydrogen-bond acceptors (Lipinski definition) is 4. The third-order valence-electron chi connectivity index (χ3n) is 4.65. The first kappa shape index (κ1) is 22.3. The standard InChI is InChI=1S/C23H23FN2O4S/c1-15-5-4-6-16(2)22(15)26-31(28,29)21-13-9-19(10-14-21)25-23(27)17(3)30-20-11-7-18(24)8-12-20/h4-14,17,26H,1-3H3,(H,25,27)/t17-/m0/s1. The molecule has 6 nitrogen and oxygen atoms in total. The third kappa shape index (κ3) is 5.61. The number of carbonyl (C=O) groups is 1. The van der Waals surface area contributed by atoms with Crippen LogP contribution in [0.5, 0.6) is 5.75 Å². The number of aryl methyl sites for hydroxylation is 2. The van der Waals surface area contributed by atoms with Crippen molar-refractivity contribution in [3.8, 4) is 5.75 Å². The lowest BCUT2D eigenvalue weighted by Crippen LogP contribution is -2.30. The van der Waals surface area contributed by atoms with Gasteiger partial charge in [0.2, 0.25) is 0 Å². The number of nitrogens with one attached hydrogen (secondary N) is 2. The van der Waals surface area contributed by atoms with E-state index in [-0.39, 0.29) is 4.90 Å². The maximum absolute atomic E-state index is 13.0. The molecule has 0 unspecified atom stereocenters. The van der Waals surface area contributed by atoms with Crippen molar-refractivity contribution >= 4 is 27.3 Å². The molecule has 0 fully saturated rings. The topological polar surface area (TPSA) is 84.5 Å². The van der Waals surface area contributed by atoms with Crippen molar-refractivity contribution in [2.24, 2.45) is 0 Å². The van der Waals surface area contributed by atoms with Gasteiger partial charge in [-0.15, -0.1) is 0 Å². The lowest BCUT2D eigenvalue weighted by atomic mass is 10.1. The fraction of sp³-hybridized carbons (Fsp3) is 0.174. The number of sulfonamides is 1. The zero-order valence-electron chi connectivity index (χ0n) is 17.3. The van der Waals surface area contributed by atoms with Crippen LogP contribution in [0.2, 0.25) is 0 Å². The molecule has 0 bridgehead atoms. The molecule has 8 heteroatoms. The Hall–Kier alpha value is -3.39. The average molecular weight is 443 g/mol. The van der Waals surface area contributed by atoms with Crippen LogP contribution in [0.3, 0.4) is 0 Å². The van der Waals surface area contributed by atoms with Crippen molar-refractivity contribution in [2.75, 3.05) is 10.0 Å². The van der Waals surface area contributed by atoms with Gasteiger partial charge in [-0.1, -0.05) is 18.2 Å². The molecule has 3 aromatic carbocycles. The van der Waals surface area contributed by atoms with Gasteiger partial charge in [0.15, 0.2) is 6.10 Å². The number of benzene rings is 3. The second-order valence-corrected chi connectivity index (χ2v) is 8.78. The van der Waals surface area contributed by atoms with Gasteiger partial charge in [0.1, 0.15) is 11.6 Å². The maximum atomic E-state index is 13.0. The van der Waals surface area contributed by atoms with Gasteiger partial charge in [-0.25, -0.2) is 12.8 Å². The number of hydrogen-bond donors (Lipinski definition) is 2. The molecule has 0 saturated carbocycles. The van der Waals surface area contributed by atoms with Gasteiger partial charge in [0.05, 0.1) is 10.6 Å². The lowest BCUT2D eigenvalue weighted by molar-refractivity contribution is -0.122. The van der Waals surface area contributed by atoms with Crippen molar-refractivity contribution in [1.82, 2.24) is 0 Å². The number of amides is 1. The quantitative estimate of drug-likeness (QED) is 0.558. The molecule has 0 radical (unpaired) electrons. The van der Waals surface area contributed by atoms with Gasteiger partial charge in [0, 0.05) is 5.69 Å². The molecule has 0 saturated heterocycles. The summed E-state index contributed by atoms with van der Waals surface area (Å²) in [5, 5.41) is 2.67. The smallest absolute Gasteiger partial charge is 0.265 e. The van der Waals surface area contributed by atoms with Crippen LogP contribution in [-0.4, -0.2) is 20.4 Å². The Bertz CT molecular complexity index is 1160. The average Bonchev–Trinajstić information content (AvgIpc) is 2.73. The minimum Gasteiger partial charge on any atom is -0.481 e. The summed E-state index contributed by atoms with van der Waals surface area (Å²) in [5.41, 5.74) is 2.61. The molecule has 3 aromatic rings. The van der Waals surface area contributed by atoms with Crippen molar-refractivity contribution in [2.45, 2.75) is 31.8 Å². The van der Waals surface area contributed by atoms with E-state index in [1.165, 1.54) is 48.5 Å². The maximum Gasteiger partial charge on any atom is 0.265 e. The van der Waals surface area contributed by atoms with E-state index in [0.717, 1.165) is 11.1 Å². The Kier molecular flexibility index (Phi) is 6.60. The van der Waals surface area contributed by atoms with Crippen molar-refractivity contribution in [1.29, 1.82) is 0 Å². The van der Waals surface area contributed by atoms with Gasteiger partial charge in [-0.3, -0.25) is 9.52 Å².